The van der Waals surface area contributed by atoms with Crippen LogP contribution in [-0.2, 0) is 12.2 Å². The molecule has 0 aliphatic carbocycles. The van der Waals surface area contributed by atoms with Crippen LogP contribution >= 0.6 is 11.6 Å². The summed E-state index contributed by atoms with van der Waals surface area (Å²) in [5.74, 6) is -0.0545. The van der Waals surface area contributed by atoms with E-state index in [1.165, 1.54) is 22.9 Å². The lowest BCUT2D eigenvalue weighted by molar-refractivity contribution is 0.0683. The first-order chi connectivity index (χ1) is 17.0. The monoisotopic (exact) mass is 511 g/mol. The Morgan fingerprint density at radius 1 is 1.28 bits per heavy atom. The summed E-state index contributed by atoms with van der Waals surface area (Å²) in [7, 11) is 0. The summed E-state index contributed by atoms with van der Waals surface area (Å²) < 4.78 is 21.1. The predicted molar refractivity (Wildman–Crippen MR) is 135 cm³/mol. The van der Waals surface area contributed by atoms with Gasteiger partial charge in [-0.2, -0.15) is 0 Å². The number of ether oxygens (including phenoxy) is 1. The summed E-state index contributed by atoms with van der Waals surface area (Å²) in [5.41, 5.74) is 1.98. The molecule has 0 amide bonds. The highest BCUT2D eigenvalue weighted by molar-refractivity contribution is 6.31. The van der Waals surface area contributed by atoms with Crippen molar-refractivity contribution in [2.75, 3.05) is 0 Å². The van der Waals surface area contributed by atoms with Crippen molar-refractivity contribution in [3.8, 4) is 5.75 Å². The number of dihydropyridines is 1. The number of aromatic nitrogens is 4. The fraction of sp³-hybridized carbons (Fsp3) is 0.308. The van der Waals surface area contributed by atoms with E-state index in [4.69, 9.17) is 16.3 Å². The molecule has 1 unspecified atom stereocenters. The number of aryl methyl sites for hydroxylation is 2. The van der Waals surface area contributed by atoms with Crippen molar-refractivity contribution in [1.29, 1.82) is 0 Å². The van der Waals surface area contributed by atoms with Crippen LogP contribution in [0.4, 0.5) is 4.39 Å². The van der Waals surface area contributed by atoms with Gasteiger partial charge in [-0.1, -0.05) is 11.6 Å². The van der Waals surface area contributed by atoms with Gasteiger partial charge in [-0.05, 0) is 64.0 Å². The first-order valence-corrected chi connectivity index (χ1v) is 11.7. The molecule has 0 spiro atoms. The standard InChI is InChI=1S/C26H27ClFN5O3/c1-14-11-30-18(23-15(2)12-31-25(32-23)26(4,5)35)10-20(14)33-16(3)9-21(22(27)24(33)34)36-13-19-17(28)7-6-8-29-19/h6-12,18,30,35H,13H2,1-5H3. The van der Waals surface area contributed by atoms with Gasteiger partial charge >= 0.3 is 0 Å². The Morgan fingerprint density at radius 2 is 2.03 bits per heavy atom. The lowest BCUT2D eigenvalue weighted by Gasteiger charge is -2.26. The largest absolute Gasteiger partial charge is 0.485 e. The minimum Gasteiger partial charge on any atom is -0.485 e. The van der Waals surface area contributed by atoms with E-state index < -0.39 is 17.0 Å². The third-order valence-electron chi connectivity index (χ3n) is 5.80. The van der Waals surface area contributed by atoms with Crippen LogP contribution in [0.2, 0.25) is 5.02 Å². The Hall–Kier alpha value is -3.56. The third kappa shape index (κ3) is 5.03. The molecule has 0 saturated carbocycles. The van der Waals surface area contributed by atoms with Crippen molar-refractivity contribution >= 4 is 17.3 Å². The van der Waals surface area contributed by atoms with E-state index in [1.807, 2.05) is 19.9 Å². The van der Waals surface area contributed by atoms with Gasteiger partial charge in [-0.25, -0.2) is 14.4 Å². The van der Waals surface area contributed by atoms with Crippen molar-refractivity contribution in [3.63, 3.8) is 0 Å². The van der Waals surface area contributed by atoms with Gasteiger partial charge in [0.25, 0.3) is 5.56 Å². The van der Waals surface area contributed by atoms with Crippen LogP contribution in [-0.4, -0.2) is 24.6 Å². The Bertz CT molecular complexity index is 1440. The molecule has 36 heavy (non-hydrogen) atoms. The van der Waals surface area contributed by atoms with Crippen LogP contribution in [0.15, 0.2) is 53.2 Å². The molecule has 3 aromatic rings. The van der Waals surface area contributed by atoms with Gasteiger partial charge in [0.15, 0.2) is 5.82 Å². The van der Waals surface area contributed by atoms with Crippen molar-refractivity contribution in [1.82, 2.24) is 24.8 Å². The van der Waals surface area contributed by atoms with Crippen molar-refractivity contribution < 1.29 is 14.2 Å². The Morgan fingerprint density at radius 3 is 2.72 bits per heavy atom. The highest BCUT2D eigenvalue weighted by Gasteiger charge is 2.26. The summed E-state index contributed by atoms with van der Waals surface area (Å²) in [4.78, 5) is 26.1. The maximum absolute atomic E-state index is 13.9. The second-order valence-corrected chi connectivity index (χ2v) is 9.55. The number of halogens is 2. The molecular weight excluding hydrogens is 485 g/mol. The molecule has 0 bridgehead atoms. The number of nitrogens with one attached hydrogen (secondary N) is 1. The zero-order valence-electron chi connectivity index (χ0n) is 20.6. The molecule has 0 radical (unpaired) electrons. The highest BCUT2D eigenvalue weighted by atomic mass is 35.5. The average molecular weight is 512 g/mol. The zero-order chi connectivity index (χ0) is 26.2. The quantitative estimate of drug-likeness (QED) is 0.507. The molecule has 4 heterocycles. The van der Waals surface area contributed by atoms with Crippen LogP contribution in [0.1, 0.15) is 55.3 Å². The summed E-state index contributed by atoms with van der Waals surface area (Å²) >= 11 is 6.41. The lowest BCUT2D eigenvalue weighted by Crippen LogP contribution is -2.29. The van der Waals surface area contributed by atoms with Gasteiger partial charge in [0.05, 0.1) is 17.4 Å². The van der Waals surface area contributed by atoms with E-state index in [-0.39, 0.29) is 29.1 Å². The lowest BCUT2D eigenvalue weighted by atomic mass is 10.0. The van der Waals surface area contributed by atoms with Crippen LogP contribution in [0.5, 0.6) is 5.75 Å². The highest BCUT2D eigenvalue weighted by Crippen LogP contribution is 2.31. The van der Waals surface area contributed by atoms with Gasteiger partial charge in [0.1, 0.15) is 34.5 Å². The molecule has 0 saturated heterocycles. The molecule has 4 rings (SSSR count). The molecule has 8 nitrogen and oxygen atoms in total. The molecule has 1 aliphatic heterocycles. The van der Waals surface area contributed by atoms with Crippen LogP contribution in [0.3, 0.4) is 0 Å². The first-order valence-electron chi connectivity index (χ1n) is 11.3. The Kier molecular flexibility index (Phi) is 6.97. The predicted octanol–water partition coefficient (Wildman–Crippen LogP) is 4.34. The van der Waals surface area contributed by atoms with E-state index in [1.54, 1.807) is 39.2 Å². The number of hydrogen-bond acceptors (Lipinski definition) is 7. The number of allylic oxidation sites excluding steroid dienone is 2. The normalized spacial score (nSPS) is 15.7. The summed E-state index contributed by atoms with van der Waals surface area (Å²) in [5, 5.41) is 13.5. The van der Waals surface area contributed by atoms with Crippen molar-refractivity contribution in [2.45, 2.75) is 52.9 Å². The summed E-state index contributed by atoms with van der Waals surface area (Å²) in [6, 6.07) is 4.04. The van der Waals surface area contributed by atoms with Gasteiger partial charge in [0.2, 0.25) is 0 Å². The number of aliphatic hydroxyl groups is 1. The van der Waals surface area contributed by atoms with E-state index in [2.05, 4.69) is 20.3 Å². The second-order valence-electron chi connectivity index (χ2n) is 9.17. The smallest absolute Gasteiger partial charge is 0.277 e. The summed E-state index contributed by atoms with van der Waals surface area (Å²) in [6.07, 6.45) is 6.82. The number of nitrogens with zero attached hydrogens (tertiary/aromatic N) is 4. The minimum atomic E-state index is -1.20. The third-order valence-corrected chi connectivity index (χ3v) is 6.15. The van der Waals surface area contributed by atoms with Crippen molar-refractivity contribution in [3.05, 3.63) is 98.1 Å². The molecule has 0 aromatic carbocycles. The molecule has 1 aliphatic rings. The van der Waals surface area contributed by atoms with E-state index in [0.717, 1.165) is 11.1 Å². The van der Waals surface area contributed by atoms with Crippen molar-refractivity contribution in [2.24, 2.45) is 0 Å². The van der Waals surface area contributed by atoms with E-state index in [9.17, 15) is 14.3 Å². The average Bonchev–Trinajstić information content (AvgIpc) is 2.82. The maximum Gasteiger partial charge on any atom is 0.277 e. The minimum absolute atomic E-state index is 0.115. The zero-order valence-corrected chi connectivity index (χ0v) is 21.4. The maximum atomic E-state index is 13.9. The van der Waals surface area contributed by atoms with Gasteiger partial charge in [-0.3, -0.25) is 14.3 Å². The molecular formula is C26H27ClFN5O3. The number of pyridine rings is 2. The van der Waals surface area contributed by atoms with E-state index in [0.29, 0.717) is 22.9 Å². The molecule has 3 aromatic heterocycles. The van der Waals surface area contributed by atoms with E-state index >= 15 is 0 Å². The van der Waals surface area contributed by atoms with Gasteiger partial charge in [0, 0.05) is 30.4 Å². The molecule has 188 valence electrons. The van der Waals surface area contributed by atoms with Crippen LogP contribution in [0.25, 0.3) is 5.70 Å². The van der Waals surface area contributed by atoms with Gasteiger partial charge in [-0.15, -0.1) is 0 Å². The Balaban J connectivity index is 1.71. The SMILES string of the molecule is CC1=CNC(c2nc(C(C)(C)O)ncc2C)C=C1n1c(C)cc(OCc2ncccc2F)c(Cl)c1=O. The van der Waals surface area contributed by atoms with Crippen LogP contribution < -0.4 is 15.6 Å². The molecule has 2 N–H and O–H groups in total. The first kappa shape index (κ1) is 25.5. The van der Waals surface area contributed by atoms with Gasteiger partial charge < -0.3 is 15.2 Å². The second kappa shape index (κ2) is 9.83. The molecule has 0 fully saturated rings. The molecule has 1 atom stereocenters. The number of rotatable bonds is 6. The Labute approximate surface area is 213 Å². The molecule has 10 heteroatoms. The number of hydrogen-bond donors (Lipinski definition) is 2. The fourth-order valence-corrected chi connectivity index (χ4v) is 4.05. The topological polar surface area (TPSA) is 102 Å². The van der Waals surface area contributed by atoms with Crippen LogP contribution in [0, 0.1) is 19.7 Å². The fourth-order valence-electron chi connectivity index (χ4n) is 3.86. The summed E-state index contributed by atoms with van der Waals surface area (Å²) in [6.45, 7) is 8.60.